The second-order valence-electron chi connectivity index (χ2n) is 10.4. The molecule has 0 atom stereocenters. The third kappa shape index (κ3) is 9.60. The van der Waals surface area contributed by atoms with E-state index in [1.165, 1.54) is 0 Å². The van der Waals surface area contributed by atoms with Gasteiger partial charge in [0.05, 0.1) is 22.5 Å². The molecule has 0 unspecified atom stereocenters. The van der Waals surface area contributed by atoms with Gasteiger partial charge in [0.15, 0.2) is 0 Å². The number of nitrogens with one attached hydrogen (secondary N) is 4. The Morgan fingerprint density at radius 2 is 0.943 bits per heavy atom. The molecule has 0 aromatic heterocycles. The van der Waals surface area contributed by atoms with E-state index in [1.54, 1.807) is 48.5 Å². The standard InChI is InChI=1S/C27H36N4O4/c1-26(2,3)30-24(34)18-12-7-9-14-20(18)28-22(32)16-11-17-23(33)29-21-15-10-8-13-19(21)25(35)31-27(4,5)6/h7-10,12-15H,11,16-17H2,1-6H3,(H,28,32)(H,29,33)(H,30,34)(H,31,35). The summed E-state index contributed by atoms with van der Waals surface area (Å²) in [5.74, 6) is -1.14. The number of hydrogen-bond donors (Lipinski definition) is 4. The number of amides is 4. The van der Waals surface area contributed by atoms with Gasteiger partial charge in [-0.15, -0.1) is 0 Å². The van der Waals surface area contributed by atoms with Crippen LogP contribution in [0.2, 0.25) is 0 Å². The van der Waals surface area contributed by atoms with E-state index in [2.05, 4.69) is 21.3 Å². The van der Waals surface area contributed by atoms with Crippen LogP contribution in [0, 0.1) is 0 Å². The highest BCUT2D eigenvalue weighted by molar-refractivity contribution is 6.05. The summed E-state index contributed by atoms with van der Waals surface area (Å²) in [7, 11) is 0. The molecule has 4 amide bonds. The molecule has 4 N–H and O–H groups in total. The summed E-state index contributed by atoms with van der Waals surface area (Å²) in [6.45, 7) is 11.3. The molecule has 0 aliphatic rings. The number of rotatable bonds is 8. The number of hydrogen-bond acceptors (Lipinski definition) is 4. The van der Waals surface area contributed by atoms with Gasteiger partial charge in [0.25, 0.3) is 11.8 Å². The molecule has 2 rings (SSSR count). The highest BCUT2D eigenvalue weighted by Gasteiger charge is 2.20. The lowest BCUT2D eigenvalue weighted by molar-refractivity contribution is -0.117. The van der Waals surface area contributed by atoms with Crippen LogP contribution in [-0.4, -0.2) is 34.7 Å². The Morgan fingerprint density at radius 1 is 0.600 bits per heavy atom. The first kappa shape index (κ1) is 27.6. The van der Waals surface area contributed by atoms with Crippen molar-refractivity contribution in [1.29, 1.82) is 0 Å². The normalized spacial score (nSPS) is 11.4. The van der Waals surface area contributed by atoms with E-state index in [0.29, 0.717) is 28.9 Å². The van der Waals surface area contributed by atoms with Crippen LogP contribution in [0.1, 0.15) is 81.5 Å². The summed E-state index contributed by atoms with van der Waals surface area (Å²) < 4.78 is 0. The van der Waals surface area contributed by atoms with Gasteiger partial charge in [-0.25, -0.2) is 0 Å². The van der Waals surface area contributed by atoms with Gasteiger partial charge < -0.3 is 21.3 Å². The van der Waals surface area contributed by atoms with Gasteiger partial charge >= 0.3 is 0 Å². The topological polar surface area (TPSA) is 116 Å². The molecule has 0 radical (unpaired) electrons. The molecule has 188 valence electrons. The van der Waals surface area contributed by atoms with Crippen LogP contribution in [0.4, 0.5) is 11.4 Å². The average molecular weight is 481 g/mol. The third-order valence-corrected chi connectivity index (χ3v) is 4.68. The highest BCUT2D eigenvalue weighted by atomic mass is 16.2. The summed E-state index contributed by atoms with van der Waals surface area (Å²) in [6.07, 6.45) is 0.522. The van der Waals surface area contributed by atoms with Gasteiger partial charge in [-0.05, 0) is 72.2 Å². The number of carbonyl (C=O) groups is 4. The van der Waals surface area contributed by atoms with Crippen LogP contribution in [0.25, 0.3) is 0 Å². The summed E-state index contributed by atoms with van der Waals surface area (Å²) >= 11 is 0. The molecule has 0 spiro atoms. The van der Waals surface area contributed by atoms with E-state index in [-0.39, 0.29) is 36.5 Å². The van der Waals surface area contributed by atoms with Crippen LogP contribution in [-0.2, 0) is 9.59 Å². The molecule has 0 aliphatic carbocycles. The summed E-state index contributed by atoms with van der Waals surface area (Å²) in [6, 6.07) is 13.6. The Morgan fingerprint density at radius 3 is 1.29 bits per heavy atom. The van der Waals surface area contributed by atoms with Gasteiger partial charge in [-0.2, -0.15) is 0 Å². The Kier molecular flexibility index (Phi) is 9.17. The smallest absolute Gasteiger partial charge is 0.253 e. The van der Waals surface area contributed by atoms with Crippen molar-refractivity contribution in [2.45, 2.75) is 71.9 Å². The Labute approximate surface area is 207 Å². The third-order valence-electron chi connectivity index (χ3n) is 4.68. The molecule has 0 bridgehead atoms. The lowest BCUT2D eigenvalue weighted by Crippen LogP contribution is -2.40. The van der Waals surface area contributed by atoms with E-state index in [1.807, 2.05) is 41.5 Å². The van der Waals surface area contributed by atoms with Crippen molar-refractivity contribution in [3.8, 4) is 0 Å². The van der Waals surface area contributed by atoms with Gasteiger partial charge in [0, 0.05) is 23.9 Å². The van der Waals surface area contributed by atoms with Crippen molar-refractivity contribution in [3.05, 3.63) is 59.7 Å². The Balaban J connectivity index is 1.91. The van der Waals surface area contributed by atoms with Crippen LogP contribution < -0.4 is 21.3 Å². The fourth-order valence-electron chi connectivity index (χ4n) is 3.23. The first-order chi connectivity index (χ1) is 16.2. The van der Waals surface area contributed by atoms with Crippen molar-refractivity contribution < 1.29 is 19.2 Å². The molecule has 8 nitrogen and oxygen atoms in total. The number of benzene rings is 2. The fourth-order valence-corrected chi connectivity index (χ4v) is 3.23. The lowest BCUT2D eigenvalue weighted by atomic mass is 10.1. The van der Waals surface area contributed by atoms with Crippen LogP contribution in [0.5, 0.6) is 0 Å². The molecule has 0 saturated heterocycles. The molecular formula is C27H36N4O4. The van der Waals surface area contributed by atoms with E-state index < -0.39 is 11.1 Å². The Bertz CT molecular complexity index is 996. The maximum atomic E-state index is 12.5. The van der Waals surface area contributed by atoms with Crippen molar-refractivity contribution in [2.24, 2.45) is 0 Å². The first-order valence-corrected chi connectivity index (χ1v) is 11.7. The summed E-state index contributed by atoms with van der Waals surface area (Å²) in [5, 5.41) is 11.3. The average Bonchev–Trinajstić information content (AvgIpc) is 2.72. The van der Waals surface area contributed by atoms with Crippen LogP contribution in [0.3, 0.4) is 0 Å². The summed E-state index contributed by atoms with van der Waals surface area (Å²) in [4.78, 5) is 50.0. The predicted octanol–water partition coefficient (Wildman–Crippen LogP) is 4.49. The zero-order chi connectivity index (χ0) is 26.2. The van der Waals surface area contributed by atoms with Crippen molar-refractivity contribution in [1.82, 2.24) is 10.6 Å². The predicted molar refractivity (Wildman–Crippen MR) is 138 cm³/mol. The van der Waals surface area contributed by atoms with E-state index in [0.717, 1.165) is 0 Å². The monoisotopic (exact) mass is 480 g/mol. The van der Waals surface area contributed by atoms with Crippen LogP contribution >= 0.6 is 0 Å². The fraction of sp³-hybridized carbons (Fsp3) is 0.407. The molecule has 0 aliphatic heterocycles. The number of para-hydroxylation sites is 2. The van der Waals surface area contributed by atoms with Gasteiger partial charge in [-0.3, -0.25) is 19.2 Å². The second kappa shape index (κ2) is 11.6. The molecule has 0 fully saturated rings. The van der Waals surface area contributed by atoms with Gasteiger partial charge in [0.1, 0.15) is 0 Å². The quantitative estimate of drug-likeness (QED) is 0.445. The number of anilines is 2. The molecule has 35 heavy (non-hydrogen) atoms. The molecule has 8 heteroatoms. The molecular weight excluding hydrogens is 444 g/mol. The molecule has 0 heterocycles. The van der Waals surface area contributed by atoms with Gasteiger partial charge in [0.2, 0.25) is 11.8 Å². The second-order valence-corrected chi connectivity index (χ2v) is 10.4. The summed E-state index contributed by atoms with van der Waals surface area (Å²) in [5.41, 5.74) is 0.767. The van der Waals surface area contributed by atoms with Crippen molar-refractivity contribution in [3.63, 3.8) is 0 Å². The minimum atomic E-state index is -0.409. The SMILES string of the molecule is CC(C)(C)NC(=O)c1ccccc1NC(=O)CCCC(=O)Nc1ccccc1C(=O)NC(C)(C)C. The Hall–Kier alpha value is -3.68. The molecule has 0 saturated carbocycles. The van der Waals surface area contributed by atoms with E-state index >= 15 is 0 Å². The highest BCUT2D eigenvalue weighted by Crippen LogP contribution is 2.19. The maximum absolute atomic E-state index is 12.5. The largest absolute Gasteiger partial charge is 0.347 e. The number of carbonyl (C=O) groups excluding carboxylic acids is 4. The van der Waals surface area contributed by atoms with Gasteiger partial charge in [-0.1, -0.05) is 24.3 Å². The van der Waals surface area contributed by atoms with E-state index in [4.69, 9.17) is 0 Å². The zero-order valence-electron chi connectivity index (χ0n) is 21.4. The zero-order valence-corrected chi connectivity index (χ0v) is 21.4. The minimum absolute atomic E-state index is 0.106. The minimum Gasteiger partial charge on any atom is -0.347 e. The molecule has 2 aromatic carbocycles. The van der Waals surface area contributed by atoms with Crippen molar-refractivity contribution in [2.75, 3.05) is 10.6 Å². The van der Waals surface area contributed by atoms with E-state index in [9.17, 15) is 19.2 Å². The van der Waals surface area contributed by atoms with Crippen molar-refractivity contribution >= 4 is 35.0 Å². The first-order valence-electron chi connectivity index (χ1n) is 11.7. The maximum Gasteiger partial charge on any atom is 0.253 e. The molecule has 2 aromatic rings. The lowest BCUT2D eigenvalue weighted by Gasteiger charge is -2.21. The van der Waals surface area contributed by atoms with Crippen LogP contribution in [0.15, 0.2) is 48.5 Å².